The topological polar surface area (TPSA) is 78.3 Å². The average molecular weight is 566 g/mol. The number of nitrogens with zero attached hydrogens (tertiary/aromatic N) is 3. The highest BCUT2D eigenvalue weighted by Crippen LogP contribution is 2.29. The lowest BCUT2D eigenvalue weighted by Gasteiger charge is -2.13. The first-order chi connectivity index (χ1) is 15.3. The van der Waals surface area contributed by atoms with E-state index < -0.39 is 0 Å². The molecule has 0 saturated carbocycles. The summed E-state index contributed by atoms with van der Waals surface area (Å²) >= 11 is 3.64. The molecule has 7 nitrogen and oxygen atoms in total. The SMILES string of the molecule is CCn1c(COc2ccc(C)cc2OC)nnc1SCC(=O)Nc1c(C)cc(I)cc1C. The third-order valence-corrected chi connectivity index (χ3v) is 6.47. The highest BCUT2D eigenvalue weighted by atomic mass is 127. The normalized spacial score (nSPS) is 10.8. The molecule has 0 saturated heterocycles. The maximum atomic E-state index is 12.6. The van der Waals surface area contributed by atoms with Gasteiger partial charge in [0.15, 0.2) is 22.5 Å². The van der Waals surface area contributed by atoms with E-state index in [0.717, 1.165) is 25.9 Å². The van der Waals surface area contributed by atoms with Gasteiger partial charge in [0, 0.05) is 15.8 Å². The van der Waals surface area contributed by atoms with Gasteiger partial charge in [-0.1, -0.05) is 17.8 Å². The fraction of sp³-hybridized carbons (Fsp3) is 0.348. The third-order valence-electron chi connectivity index (χ3n) is 4.88. The van der Waals surface area contributed by atoms with Crippen LogP contribution in [0, 0.1) is 24.3 Å². The Morgan fingerprint density at radius 1 is 1.12 bits per heavy atom. The van der Waals surface area contributed by atoms with Gasteiger partial charge in [-0.2, -0.15) is 0 Å². The number of carbonyl (C=O) groups is 1. The zero-order chi connectivity index (χ0) is 23.3. The van der Waals surface area contributed by atoms with Crippen molar-refractivity contribution in [3.8, 4) is 11.5 Å². The quantitative estimate of drug-likeness (QED) is 0.285. The average Bonchev–Trinajstić information content (AvgIpc) is 3.15. The van der Waals surface area contributed by atoms with Gasteiger partial charge >= 0.3 is 0 Å². The molecule has 0 spiro atoms. The monoisotopic (exact) mass is 566 g/mol. The predicted octanol–water partition coefficient (Wildman–Crippen LogP) is 5.15. The Balaban J connectivity index is 1.63. The molecule has 170 valence electrons. The van der Waals surface area contributed by atoms with Crippen LogP contribution in [0.4, 0.5) is 5.69 Å². The molecule has 0 unspecified atom stereocenters. The van der Waals surface area contributed by atoms with Crippen LogP contribution in [-0.4, -0.2) is 33.5 Å². The molecule has 3 aromatic rings. The molecule has 1 heterocycles. The maximum absolute atomic E-state index is 12.6. The molecule has 0 aliphatic carbocycles. The van der Waals surface area contributed by atoms with E-state index in [1.807, 2.05) is 50.5 Å². The molecule has 0 radical (unpaired) electrons. The van der Waals surface area contributed by atoms with Crippen LogP contribution in [0.1, 0.15) is 29.4 Å². The van der Waals surface area contributed by atoms with Crippen molar-refractivity contribution in [1.82, 2.24) is 14.8 Å². The van der Waals surface area contributed by atoms with Gasteiger partial charge in [-0.3, -0.25) is 4.79 Å². The van der Waals surface area contributed by atoms with Gasteiger partial charge < -0.3 is 19.4 Å². The first-order valence-corrected chi connectivity index (χ1v) is 12.3. The Morgan fingerprint density at radius 2 is 1.84 bits per heavy atom. The molecule has 3 rings (SSSR count). The van der Waals surface area contributed by atoms with Crippen molar-refractivity contribution in [2.24, 2.45) is 0 Å². The molecule has 0 atom stereocenters. The lowest BCUT2D eigenvalue weighted by atomic mass is 10.1. The summed E-state index contributed by atoms with van der Waals surface area (Å²) in [5, 5.41) is 12.2. The summed E-state index contributed by atoms with van der Waals surface area (Å²) in [6.45, 7) is 8.95. The molecule has 1 aromatic heterocycles. The number of halogens is 1. The van der Waals surface area contributed by atoms with E-state index >= 15 is 0 Å². The van der Waals surface area contributed by atoms with Gasteiger partial charge in [-0.05, 0) is 91.2 Å². The number of aromatic nitrogens is 3. The van der Waals surface area contributed by atoms with Gasteiger partial charge in [0.2, 0.25) is 5.91 Å². The maximum Gasteiger partial charge on any atom is 0.234 e. The van der Waals surface area contributed by atoms with E-state index in [0.29, 0.717) is 29.0 Å². The minimum atomic E-state index is -0.0738. The van der Waals surface area contributed by atoms with Crippen LogP contribution >= 0.6 is 34.4 Å². The molecule has 0 aliphatic heterocycles. The van der Waals surface area contributed by atoms with Crippen LogP contribution in [-0.2, 0) is 17.9 Å². The summed E-state index contributed by atoms with van der Waals surface area (Å²) in [5.74, 6) is 2.20. The molecule has 0 fully saturated rings. The second-order valence-electron chi connectivity index (χ2n) is 7.34. The van der Waals surface area contributed by atoms with Gasteiger partial charge in [0.1, 0.15) is 6.61 Å². The molecule has 32 heavy (non-hydrogen) atoms. The largest absolute Gasteiger partial charge is 0.493 e. The molecule has 0 aliphatic rings. The van der Waals surface area contributed by atoms with Crippen molar-refractivity contribution in [1.29, 1.82) is 0 Å². The van der Waals surface area contributed by atoms with E-state index in [4.69, 9.17) is 9.47 Å². The van der Waals surface area contributed by atoms with Crippen LogP contribution in [0.5, 0.6) is 11.5 Å². The summed E-state index contributed by atoms with van der Waals surface area (Å²) < 4.78 is 14.4. The first-order valence-electron chi connectivity index (χ1n) is 10.2. The van der Waals surface area contributed by atoms with E-state index in [-0.39, 0.29) is 18.3 Å². The molecule has 1 N–H and O–H groups in total. The number of methoxy groups -OCH3 is 1. The van der Waals surface area contributed by atoms with Crippen molar-refractivity contribution >= 4 is 45.9 Å². The number of ether oxygens (including phenoxy) is 2. The van der Waals surface area contributed by atoms with E-state index in [9.17, 15) is 4.79 Å². The van der Waals surface area contributed by atoms with Gasteiger partial charge in [-0.15, -0.1) is 10.2 Å². The second-order valence-corrected chi connectivity index (χ2v) is 9.53. The first kappa shape index (κ1) is 24.4. The number of amides is 1. The number of hydrogen-bond donors (Lipinski definition) is 1. The molecule has 2 aromatic carbocycles. The number of hydrogen-bond acceptors (Lipinski definition) is 6. The lowest BCUT2D eigenvalue weighted by molar-refractivity contribution is -0.113. The summed E-state index contributed by atoms with van der Waals surface area (Å²) in [5.41, 5.74) is 4.07. The van der Waals surface area contributed by atoms with Crippen LogP contribution in [0.3, 0.4) is 0 Å². The van der Waals surface area contributed by atoms with Gasteiger partial charge in [0.25, 0.3) is 0 Å². The number of benzene rings is 2. The van der Waals surface area contributed by atoms with Crippen LogP contribution < -0.4 is 14.8 Å². The predicted molar refractivity (Wildman–Crippen MR) is 136 cm³/mol. The second kappa shape index (κ2) is 11.0. The minimum absolute atomic E-state index is 0.0738. The van der Waals surface area contributed by atoms with Crippen molar-refractivity contribution < 1.29 is 14.3 Å². The third kappa shape index (κ3) is 5.94. The van der Waals surface area contributed by atoms with E-state index in [2.05, 4.69) is 50.2 Å². The van der Waals surface area contributed by atoms with E-state index in [1.54, 1.807) is 7.11 Å². The number of rotatable bonds is 9. The van der Waals surface area contributed by atoms with Crippen molar-refractivity contribution in [3.05, 3.63) is 56.4 Å². The van der Waals surface area contributed by atoms with Crippen molar-refractivity contribution in [2.45, 2.75) is 46.0 Å². The van der Waals surface area contributed by atoms with E-state index in [1.165, 1.54) is 11.8 Å². The highest BCUT2D eigenvalue weighted by molar-refractivity contribution is 14.1. The Morgan fingerprint density at radius 3 is 2.50 bits per heavy atom. The summed E-state index contributed by atoms with van der Waals surface area (Å²) in [4.78, 5) is 12.6. The van der Waals surface area contributed by atoms with Crippen molar-refractivity contribution in [2.75, 3.05) is 18.2 Å². The number of carbonyl (C=O) groups excluding carboxylic acids is 1. The van der Waals surface area contributed by atoms with Crippen LogP contribution in [0.15, 0.2) is 35.5 Å². The molecular formula is C23H27IN4O3S. The Bertz CT molecular complexity index is 1090. The number of anilines is 1. The number of nitrogens with one attached hydrogen (secondary N) is 1. The number of thioether (sulfide) groups is 1. The Hall–Kier alpha value is -2.27. The fourth-order valence-corrected chi connectivity index (χ4v) is 5.06. The summed E-state index contributed by atoms with van der Waals surface area (Å²) in [6, 6.07) is 9.89. The smallest absolute Gasteiger partial charge is 0.234 e. The minimum Gasteiger partial charge on any atom is -0.493 e. The Labute approximate surface area is 206 Å². The highest BCUT2D eigenvalue weighted by Gasteiger charge is 2.16. The summed E-state index contributed by atoms with van der Waals surface area (Å²) in [6.07, 6.45) is 0. The molecule has 0 bridgehead atoms. The number of aryl methyl sites for hydroxylation is 3. The standard InChI is InChI=1S/C23H27IN4O3S/c1-6-28-20(12-31-18-8-7-14(2)9-19(18)30-5)26-27-23(28)32-13-21(29)25-22-15(3)10-17(24)11-16(22)4/h7-11H,6,12-13H2,1-5H3,(H,25,29). The van der Waals surface area contributed by atoms with Crippen molar-refractivity contribution in [3.63, 3.8) is 0 Å². The fourth-order valence-electron chi connectivity index (χ4n) is 3.30. The zero-order valence-corrected chi connectivity index (χ0v) is 21.8. The zero-order valence-electron chi connectivity index (χ0n) is 18.9. The molecular weight excluding hydrogens is 539 g/mol. The van der Waals surface area contributed by atoms with Gasteiger partial charge in [-0.25, -0.2) is 0 Å². The Kier molecular flexibility index (Phi) is 8.41. The molecule has 1 amide bonds. The summed E-state index contributed by atoms with van der Waals surface area (Å²) in [7, 11) is 1.62. The van der Waals surface area contributed by atoms with Gasteiger partial charge in [0.05, 0.1) is 12.9 Å². The van der Waals surface area contributed by atoms with Crippen LogP contribution in [0.25, 0.3) is 0 Å². The molecule has 9 heteroatoms. The van der Waals surface area contributed by atoms with Crippen LogP contribution in [0.2, 0.25) is 0 Å². The lowest BCUT2D eigenvalue weighted by Crippen LogP contribution is -2.16.